The summed E-state index contributed by atoms with van der Waals surface area (Å²) < 4.78 is 29.7. The summed E-state index contributed by atoms with van der Waals surface area (Å²) in [5, 5.41) is 15.3. The van der Waals surface area contributed by atoms with Crippen LogP contribution in [0.1, 0.15) is 64.9 Å². The van der Waals surface area contributed by atoms with Gasteiger partial charge in [0.1, 0.15) is 15.6 Å². The van der Waals surface area contributed by atoms with Crippen LogP contribution in [0.3, 0.4) is 0 Å². The Morgan fingerprint density at radius 3 is 2.28 bits per heavy atom. The number of benzene rings is 2. The number of hydrogen-bond donors (Lipinski definition) is 3. The van der Waals surface area contributed by atoms with Crippen LogP contribution in [-0.4, -0.2) is 56.2 Å². The molecule has 1 aliphatic heterocycles. The number of nitrogens with zero attached hydrogens (tertiary/aromatic N) is 1. The van der Waals surface area contributed by atoms with E-state index in [0.717, 1.165) is 11.3 Å². The Morgan fingerprint density at radius 1 is 1.05 bits per heavy atom. The zero-order valence-electron chi connectivity index (χ0n) is 23.3. The second kappa shape index (κ2) is 13.7. The molecule has 0 saturated carbocycles. The molecule has 1 saturated heterocycles. The third-order valence-corrected chi connectivity index (χ3v) is 8.63. The van der Waals surface area contributed by atoms with Gasteiger partial charge in [0.2, 0.25) is 0 Å². The molecule has 2 amide bonds. The lowest BCUT2D eigenvalue weighted by molar-refractivity contribution is -0.137. The van der Waals surface area contributed by atoms with Gasteiger partial charge in [0, 0.05) is 18.3 Å². The monoisotopic (exact) mass is 559 g/mol. The summed E-state index contributed by atoms with van der Waals surface area (Å²) in [5.74, 6) is 0.206. The number of aliphatic carboxylic acids is 1. The van der Waals surface area contributed by atoms with E-state index in [4.69, 9.17) is 4.74 Å². The van der Waals surface area contributed by atoms with E-state index >= 15 is 0 Å². The first-order chi connectivity index (χ1) is 18.5. The standard InChI is InChI=1S/C29H41N3O6S/c1-5-21(18-28(33)34)22-7-12-27(32(19-20(3)4)24-13-15-39(36,37)16-14-24)26(17-22)31-29(35)30-23-8-10-25(11-9-23)38-6-2/h7-12,17,20-21,24H,5-6,13-16,18-19H2,1-4H3,(H,33,34)(H2,30,31,35)/t21-/m1/s1. The smallest absolute Gasteiger partial charge is 0.323 e. The molecular weight excluding hydrogens is 518 g/mol. The number of ether oxygens (including phenoxy) is 1. The molecule has 10 heteroatoms. The van der Waals surface area contributed by atoms with Crippen LogP contribution in [0, 0.1) is 5.92 Å². The maximum absolute atomic E-state index is 13.1. The summed E-state index contributed by atoms with van der Waals surface area (Å²) in [6, 6.07) is 12.4. The molecule has 9 nitrogen and oxygen atoms in total. The Labute approximate surface area is 231 Å². The van der Waals surface area contributed by atoms with Crippen molar-refractivity contribution in [3.8, 4) is 5.75 Å². The Morgan fingerprint density at radius 2 is 1.72 bits per heavy atom. The van der Waals surface area contributed by atoms with E-state index in [1.54, 1.807) is 24.3 Å². The van der Waals surface area contributed by atoms with Gasteiger partial charge in [-0.25, -0.2) is 13.2 Å². The molecule has 0 radical (unpaired) electrons. The highest BCUT2D eigenvalue weighted by Crippen LogP contribution is 2.36. The number of nitrogens with one attached hydrogen (secondary N) is 2. The predicted molar refractivity (Wildman–Crippen MR) is 156 cm³/mol. The summed E-state index contributed by atoms with van der Waals surface area (Å²) in [7, 11) is -3.03. The third-order valence-electron chi connectivity index (χ3n) is 6.91. The molecule has 0 aliphatic carbocycles. The molecule has 1 fully saturated rings. The molecule has 0 spiro atoms. The van der Waals surface area contributed by atoms with Crippen LogP contribution in [0.25, 0.3) is 0 Å². The van der Waals surface area contributed by atoms with Crippen LogP contribution in [0.2, 0.25) is 0 Å². The van der Waals surface area contributed by atoms with E-state index in [2.05, 4.69) is 29.4 Å². The van der Waals surface area contributed by atoms with Crippen molar-refractivity contribution in [1.29, 1.82) is 0 Å². The first-order valence-electron chi connectivity index (χ1n) is 13.6. The summed E-state index contributed by atoms with van der Waals surface area (Å²) in [5.41, 5.74) is 2.79. The van der Waals surface area contributed by atoms with Gasteiger partial charge in [0.05, 0.1) is 35.9 Å². The first-order valence-corrected chi connectivity index (χ1v) is 15.5. The van der Waals surface area contributed by atoms with Crippen molar-refractivity contribution >= 4 is 38.9 Å². The molecular formula is C29H41N3O6S. The van der Waals surface area contributed by atoms with E-state index in [1.165, 1.54) is 0 Å². The number of amides is 2. The topological polar surface area (TPSA) is 125 Å². The van der Waals surface area contributed by atoms with Crippen LogP contribution in [0.5, 0.6) is 5.75 Å². The lowest BCUT2D eigenvalue weighted by Crippen LogP contribution is -2.43. The van der Waals surface area contributed by atoms with Gasteiger partial charge < -0.3 is 25.4 Å². The highest BCUT2D eigenvalue weighted by molar-refractivity contribution is 7.91. The van der Waals surface area contributed by atoms with Crippen molar-refractivity contribution in [3.63, 3.8) is 0 Å². The molecule has 2 aromatic rings. The van der Waals surface area contributed by atoms with Crippen LogP contribution in [0.4, 0.5) is 21.9 Å². The number of sulfone groups is 1. The first kappa shape index (κ1) is 30.3. The van der Waals surface area contributed by atoms with E-state index in [0.29, 0.717) is 55.5 Å². The lowest BCUT2D eigenvalue weighted by Gasteiger charge is -2.38. The molecule has 3 rings (SSSR count). The maximum atomic E-state index is 13.1. The molecule has 0 unspecified atom stereocenters. The molecule has 39 heavy (non-hydrogen) atoms. The van der Waals surface area contributed by atoms with E-state index in [-0.39, 0.29) is 29.9 Å². The van der Waals surface area contributed by atoms with Crippen LogP contribution >= 0.6 is 0 Å². The van der Waals surface area contributed by atoms with Gasteiger partial charge in [0.25, 0.3) is 0 Å². The minimum absolute atomic E-state index is 0.0101. The van der Waals surface area contributed by atoms with Gasteiger partial charge in [-0.1, -0.05) is 26.8 Å². The van der Waals surface area contributed by atoms with E-state index < -0.39 is 21.8 Å². The lowest BCUT2D eigenvalue weighted by atomic mass is 9.92. The van der Waals surface area contributed by atoms with Gasteiger partial charge in [-0.3, -0.25) is 4.79 Å². The number of hydrogen-bond acceptors (Lipinski definition) is 6. The second-order valence-corrected chi connectivity index (χ2v) is 12.7. The fraction of sp³-hybridized carbons (Fsp3) is 0.517. The number of anilines is 3. The van der Waals surface area contributed by atoms with Crippen LogP contribution < -0.4 is 20.3 Å². The second-order valence-electron chi connectivity index (χ2n) is 10.4. The van der Waals surface area contributed by atoms with Gasteiger partial charge in [-0.05, 0) is 80.0 Å². The van der Waals surface area contributed by atoms with Crippen LogP contribution in [0.15, 0.2) is 42.5 Å². The molecule has 0 aromatic heterocycles. The largest absolute Gasteiger partial charge is 0.494 e. The third kappa shape index (κ3) is 8.88. The summed E-state index contributed by atoms with van der Waals surface area (Å²) in [6.45, 7) is 9.29. The number of urea groups is 1. The molecule has 2 aromatic carbocycles. The van der Waals surface area contributed by atoms with Crippen molar-refractivity contribution < 1.29 is 27.9 Å². The average Bonchev–Trinajstić information content (AvgIpc) is 2.87. The zero-order valence-corrected chi connectivity index (χ0v) is 24.1. The SMILES string of the molecule is CCOc1ccc(NC(=O)Nc2cc([C@H](CC)CC(=O)O)ccc2N(CC(C)C)C2CCS(=O)(=O)CC2)cc1. The zero-order chi connectivity index (χ0) is 28.6. The van der Waals surface area contributed by atoms with Crippen molar-refractivity contribution in [2.45, 2.75) is 65.3 Å². The van der Waals surface area contributed by atoms with Gasteiger partial charge in [0.15, 0.2) is 0 Å². The molecule has 214 valence electrons. The molecule has 1 aliphatic rings. The number of carbonyl (C=O) groups excluding carboxylic acids is 1. The fourth-order valence-electron chi connectivity index (χ4n) is 4.98. The molecule has 1 atom stereocenters. The summed E-state index contributed by atoms with van der Waals surface area (Å²) >= 11 is 0. The predicted octanol–water partition coefficient (Wildman–Crippen LogP) is 5.74. The Kier molecular flexibility index (Phi) is 10.6. The summed E-state index contributed by atoms with van der Waals surface area (Å²) in [4.78, 5) is 26.8. The molecule has 3 N–H and O–H groups in total. The summed E-state index contributed by atoms with van der Waals surface area (Å²) in [6.07, 6.45) is 1.67. The average molecular weight is 560 g/mol. The Hall–Kier alpha value is -3.27. The molecule has 0 bridgehead atoms. The van der Waals surface area contributed by atoms with Crippen molar-refractivity contribution in [2.75, 3.05) is 40.2 Å². The van der Waals surface area contributed by atoms with Gasteiger partial charge >= 0.3 is 12.0 Å². The Balaban J connectivity index is 1.95. The number of carboxylic acids is 1. The fourth-order valence-corrected chi connectivity index (χ4v) is 6.45. The van der Waals surface area contributed by atoms with E-state index in [9.17, 15) is 23.1 Å². The van der Waals surface area contributed by atoms with Gasteiger partial charge in [-0.15, -0.1) is 0 Å². The number of rotatable bonds is 12. The highest BCUT2D eigenvalue weighted by atomic mass is 32.2. The normalized spacial score (nSPS) is 15.9. The van der Waals surface area contributed by atoms with Crippen molar-refractivity contribution in [3.05, 3.63) is 48.0 Å². The highest BCUT2D eigenvalue weighted by Gasteiger charge is 2.30. The quantitative estimate of drug-likeness (QED) is 0.303. The van der Waals surface area contributed by atoms with Crippen molar-refractivity contribution in [2.24, 2.45) is 5.92 Å². The Bertz CT molecular complexity index is 1220. The van der Waals surface area contributed by atoms with E-state index in [1.807, 2.05) is 32.0 Å². The minimum Gasteiger partial charge on any atom is -0.494 e. The number of carboxylic acid groups (broad SMARTS) is 1. The maximum Gasteiger partial charge on any atom is 0.323 e. The molecule has 1 heterocycles. The number of carbonyl (C=O) groups is 2. The minimum atomic E-state index is -3.03. The van der Waals surface area contributed by atoms with Crippen LogP contribution in [-0.2, 0) is 14.6 Å². The van der Waals surface area contributed by atoms with Gasteiger partial charge in [-0.2, -0.15) is 0 Å². The van der Waals surface area contributed by atoms with Crippen molar-refractivity contribution in [1.82, 2.24) is 0 Å².